The number of carbonyl (C=O) groups is 1. The predicted molar refractivity (Wildman–Crippen MR) is 104 cm³/mol. The van der Waals surface area contributed by atoms with Crippen LogP contribution in [0.25, 0.3) is 0 Å². The summed E-state index contributed by atoms with van der Waals surface area (Å²) in [6.07, 6.45) is 2.71. The van der Waals surface area contributed by atoms with Gasteiger partial charge in [0.25, 0.3) is 5.91 Å². The molecule has 0 fully saturated rings. The Labute approximate surface area is 153 Å². The molecule has 0 aliphatic heterocycles. The van der Waals surface area contributed by atoms with Gasteiger partial charge in [-0.2, -0.15) is 0 Å². The zero-order valence-corrected chi connectivity index (χ0v) is 16.9. The molecule has 0 spiro atoms. The van der Waals surface area contributed by atoms with Crippen LogP contribution in [0.15, 0.2) is 18.2 Å². The number of nitrogens with one attached hydrogen (secondary N) is 1. The molecule has 0 aromatic heterocycles. The van der Waals surface area contributed by atoms with Gasteiger partial charge in [0.2, 0.25) is 0 Å². The van der Waals surface area contributed by atoms with E-state index < -0.39 is 5.60 Å². The Balaban J connectivity index is 2.87. The lowest BCUT2D eigenvalue weighted by Crippen LogP contribution is -2.44. The number of rotatable bonds is 10. The van der Waals surface area contributed by atoms with Gasteiger partial charge >= 0.3 is 0 Å². The minimum absolute atomic E-state index is 0.0929. The summed E-state index contributed by atoms with van der Waals surface area (Å²) in [7, 11) is 0. The van der Waals surface area contributed by atoms with E-state index in [1.54, 1.807) is 0 Å². The molecule has 1 N–H and O–H groups in total. The maximum absolute atomic E-state index is 12.8. The number of aryl methyl sites for hydroxylation is 1. The van der Waals surface area contributed by atoms with Gasteiger partial charge in [-0.15, -0.1) is 0 Å². The lowest BCUT2D eigenvalue weighted by atomic mass is 9.93. The largest absolute Gasteiger partial charge is 0.490 e. The molecule has 0 unspecified atom stereocenters. The van der Waals surface area contributed by atoms with Crippen LogP contribution in [-0.2, 0) is 9.53 Å². The van der Waals surface area contributed by atoms with Crippen LogP contribution in [0.4, 0.5) is 5.69 Å². The highest BCUT2D eigenvalue weighted by Crippen LogP contribution is 2.27. The Kier molecular flexibility index (Phi) is 8.43. The molecule has 0 saturated heterocycles. The first-order chi connectivity index (χ1) is 11.7. The Bertz CT molecular complexity index is 556. The van der Waals surface area contributed by atoms with Crippen molar-refractivity contribution in [2.75, 3.05) is 11.9 Å². The Morgan fingerprint density at radius 2 is 1.92 bits per heavy atom. The molecule has 4 heteroatoms. The number of hydrogen-bond donors (Lipinski definition) is 1. The highest BCUT2D eigenvalue weighted by Gasteiger charge is 2.35. The second-order valence-corrected chi connectivity index (χ2v) is 7.45. The molecule has 0 heterocycles. The Morgan fingerprint density at radius 1 is 1.24 bits per heavy atom. The molecule has 1 rings (SSSR count). The number of carbonyl (C=O) groups excluding carboxylic acids is 1. The second-order valence-electron chi connectivity index (χ2n) is 7.45. The Hall–Kier alpha value is -1.55. The van der Waals surface area contributed by atoms with Crippen LogP contribution in [0.2, 0.25) is 0 Å². The summed E-state index contributed by atoms with van der Waals surface area (Å²) in [5.41, 5.74) is 0.969. The number of amides is 1. The summed E-state index contributed by atoms with van der Waals surface area (Å²) in [4.78, 5) is 12.8. The fourth-order valence-electron chi connectivity index (χ4n) is 2.75. The zero-order valence-electron chi connectivity index (χ0n) is 16.9. The van der Waals surface area contributed by atoms with Crippen LogP contribution < -0.4 is 10.1 Å². The smallest absolute Gasteiger partial charge is 0.256 e. The second kappa shape index (κ2) is 9.81. The van der Waals surface area contributed by atoms with Crippen molar-refractivity contribution in [1.82, 2.24) is 0 Å². The minimum atomic E-state index is -0.815. The monoisotopic (exact) mass is 349 g/mol. The number of anilines is 1. The molecule has 0 aliphatic rings. The molecule has 4 nitrogen and oxygen atoms in total. The third-order valence-corrected chi connectivity index (χ3v) is 4.24. The SMILES string of the molecule is CCCO[C@](C)(CC(C)C)C(=O)Nc1ccc(O[C@H](C)CC)c(C)c1. The van der Waals surface area contributed by atoms with Crippen LogP contribution in [0.1, 0.15) is 66.4 Å². The molecule has 1 aromatic carbocycles. The van der Waals surface area contributed by atoms with Gasteiger partial charge in [0.1, 0.15) is 11.4 Å². The van der Waals surface area contributed by atoms with E-state index in [1.807, 2.05) is 39.0 Å². The Morgan fingerprint density at radius 3 is 2.44 bits per heavy atom. The molecular formula is C21H35NO3. The summed E-state index contributed by atoms with van der Waals surface area (Å²) >= 11 is 0. The topological polar surface area (TPSA) is 47.6 Å². The lowest BCUT2D eigenvalue weighted by Gasteiger charge is -2.30. The van der Waals surface area contributed by atoms with Crippen molar-refractivity contribution in [3.63, 3.8) is 0 Å². The van der Waals surface area contributed by atoms with Crippen molar-refractivity contribution in [1.29, 1.82) is 0 Å². The fourth-order valence-corrected chi connectivity index (χ4v) is 2.75. The number of benzene rings is 1. The molecule has 142 valence electrons. The summed E-state index contributed by atoms with van der Waals surface area (Å²) in [5.74, 6) is 1.14. The van der Waals surface area contributed by atoms with E-state index >= 15 is 0 Å². The quantitative estimate of drug-likeness (QED) is 0.620. The van der Waals surface area contributed by atoms with E-state index in [0.717, 1.165) is 29.8 Å². The number of ether oxygens (including phenoxy) is 2. The highest BCUT2D eigenvalue weighted by molar-refractivity contribution is 5.97. The van der Waals surface area contributed by atoms with Crippen molar-refractivity contribution < 1.29 is 14.3 Å². The molecule has 1 amide bonds. The van der Waals surface area contributed by atoms with E-state index in [1.165, 1.54) is 0 Å². The van der Waals surface area contributed by atoms with Gasteiger partial charge in [0.15, 0.2) is 0 Å². The first-order valence-corrected chi connectivity index (χ1v) is 9.44. The summed E-state index contributed by atoms with van der Waals surface area (Å²) in [5, 5.41) is 3.01. The van der Waals surface area contributed by atoms with Crippen molar-refractivity contribution in [3.05, 3.63) is 23.8 Å². The van der Waals surface area contributed by atoms with E-state index in [9.17, 15) is 4.79 Å². The van der Waals surface area contributed by atoms with Crippen LogP contribution in [0.3, 0.4) is 0 Å². The molecule has 0 saturated carbocycles. The summed E-state index contributed by atoms with van der Waals surface area (Å²) < 4.78 is 11.8. The van der Waals surface area contributed by atoms with Gasteiger partial charge in [-0.1, -0.05) is 27.7 Å². The standard InChI is InChI=1S/C21H35NO3/c1-8-12-24-21(7,14-15(3)4)20(23)22-18-10-11-19(16(5)13-18)25-17(6)9-2/h10-11,13,15,17H,8-9,12,14H2,1-7H3,(H,22,23)/t17-,21-/m1/s1. The van der Waals surface area contributed by atoms with Crippen LogP contribution in [0.5, 0.6) is 5.75 Å². The van der Waals surface area contributed by atoms with E-state index in [2.05, 4.69) is 33.0 Å². The minimum Gasteiger partial charge on any atom is -0.490 e. The fraction of sp³-hybridized carbons (Fsp3) is 0.667. The van der Waals surface area contributed by atoms with Gasteiger partial charge in [0.05, 0.1) is 6.10 Å². The zero-order chi connectivity index (χ0) is 19.0. The summed E-state index contributed by atoms with van der Waals surface area (Å²) in [6.45, 7) is 14.9. The molecule has 1 aromatic rings. The average Bonchev–Trinajstić information content (AvgIpc) is 2.54. The van der Waals surface area contributed by atoms with Crippen LogP contribution >= 0.6 is 0 Å². The maximum Gasteiger partial charge on any atom is 0.256 e. The third-order valence-electron chi connectivity index (χ3n) is 4.24. The lowest BCUT2D eigenvalue weighted by molar-refractivity contribution is -0.141. The van der Waals surface area contributed by atoms with E-state index in [0.29, 0.717) is 18.9 Å². The van der Waals surface area contributed by atoms with E-state index in [4.69, 9.17) is 9.47 Å². The van der Waals surface area contributed by atoms with Gasteiger partial charge in [0, 0.05) is 12.3 Å². The van der Waals surface area contributed by atoms with Crippen molar-refractivity contribution >= 4 is 11.6 Å². The van der Waals surface area contributed by atoms with Crippen LogP contribution in [0, 0.1) is 12.8 Å². The first-order valence-electron chi connectivity index (χ1n) is 9.44. The normalized spacial score (nSPS) is 14.9. The van der Waals surface area contributed by atoms with Gasteiger partial charge in [-0.05, 0) is 69.7 Å². The van der Waals surface area contributed by atoms with Crippen LogP contribution in [-0.4, -0.2) is 24.2 Å². The molecule has 0 radical (unpaired) electrons. The molecular weight excluding hydrogens is 314 g/mol. The van der Waals surface area contributed by atoms with Gasteiger partial charge in [-0.3, -0.25) is 4.79 Å². The molecule has 0 aliphatic carbocycles. The maximum atomic E-state index is 12.8. The van der Waals surface area contributed by atoms with Gasteiger partial charge < -0.3 is 14.8 Å². The molecule has 2 atom stereocenters. The average molecular weight is 350 g/mol. The highest BCUT2D eigenvalue weighted by atomic mass is 16.5. The predicted octanol–water partition coefficient (Wildman–Crippen LogP) is 5.34. The van der Waals surface area contributed by atoms with Crippen molar-refractivity contribution in [2.24, 2.45) is 5.92 Å². The van der Waals surface area contributed by atoms with E-state index in [-0.39, 0.29) is 12.0 Å². The molecule has 0 bridgehead atoms. The third kappa shape index (κ3) is 6.69. The van der Waals surface area contributed by atoms with Crippen molar-refractivity contribution in [3.8, 4) is 5.75 Å². The number of hydrogen-bond acceptors (Lipinski definition) is 3. The summed E-state index contributed by atoms with van der Waals surface area (Å²) in [6, 6.07) is 5.76. The van der Waals surface area contributed by atoms with Crippen molar-refractivity contribution in [2.45, 2.75) is 79.4 Å². The first kappa shape index (κ1) is 21.5. The molecule has 25 heavy (non-hydrogen) atoms. The van der Waals surface area contributed by atoms with Gasteiger partial charge in [-0.25, -0.2) is 0 Å².